The molecule has 0 bridgehead atoms. The standard InChI is InChI=1S/C13H14IN3O4/c1-13(2,21-12(16)18)7-9-5-8(3-4-15)10(14)6-11(9)17(19)20/h5-6H,3,7H2,1-2H3,(H2,16,18). The minimum atomic E-state index is -0.979. The lowest BCUT2D eigenvalue weighted by Crippen LogP contribution is -2.33. The van der Waals surface area contributed by atoms with E-state index in [-0.39, 0.29) is 18.5 Å². The fraction of sp³-hybridized carbons (Fsp3) is 0.385. The molecule has 1 rings (SSSR count). The fourth-order valence-electron chi connectivity index (χ4n) is 1.96. The zero-order valence-electron chi connectivity index (χ0n) is 11.6. The molecule has 0 aliphatic heterocycles. The number of ether oxygens (including phenoxy) is 1. The van der Waals surface area contributed by atoms with Gasteiger partial charge >= 0.3 is 6.09 Å². The lowest BCUT2D eigenvalue weighted by Gasteiger charge is -2.24. The van der Waals surface area contributed by atoms with Crippen LogP contribution in [0.3, 0.4) is 0 Å². The van der Waals surface area contributed by atoms with Crippen molar-refractivity contribution in [2.75, 3.05) is 0 Å². The lowest BCUT2D eigenvalue weighted by atomic mass is 9.95. The van der Waals surface area contributed by atoms with E-state index in [4.69, 9.17) is 15.7 Å². The van der Waals surface area contributed by atoms with Crippen molar-refractivity contribution < 1.29 is 14.5 Å². The molecule has 8 heteroatoms. The van der Waals surface area contributed by atoms with Gasteiger partial charge in [0.1, 0.15) is 5.60 Å². The maximum atomic E-state index is 11.2. The summed E-state index contributed by atoms with van der Waals surface area (Å²) in [5.74, 6) is 0. The molecule has 0 unspecified atom stereocenters. The number of carbonyl (C=O) groups excluding carboxylic acids is 1. The summed E-state index contributed by atoms with van der Waals surface area (Å²) in [6.45, 7) is 3.23. The van der Waals surface area contributed by atoms with E-state index in [1.54, 1.807) is 19.9 Å². The van der Waals surface area contributed by atoms with Crippen molar-refractivity contribution in [2.24, 2.45) is 5.73 Å². The molecule has 0 heterocycles. The van der Waals surface area contributed by atoms with Crippen molar-refractivity contribution in [1.29, 1.82) is 5.26 Å². The van der Waals surface area contributed by atoms with E-state index < -0.39 is 16.6 Å². The third-order valence-corrected chi connectivity index (χ3v) is 3.71. The molecule has 2 N–H and O–H groups in total. The zero-order valence-corrected chi connectivity index (χ0v) is 13.7. The molecule has 1 aromatic rings. The average Bonchev–Trinajstić information content (AvgIpc) is 2.30. The Morgan fingerprint density at radius 2 is 2.14 bits per heavy atom. The first-order valence-electron chi connectivity index (χ1n) is 5.97. The van der Waals surface area contributed by atoms with Crippen LogP contribution < -0.4 is 5.73 Å². The number of rotatable bonds is 5. The molecule has 0 atom stereocenters. The van der Waals surface area contributed by atoms with Gasteiger partial charge in [-0.05, 0) is 48.1 Å². The lowest BCUT2D eigenvalue weighted by molar-refractivity contribution is -0.385. The minimum Gasteiger partial charge on any atom is -0.443 e. The SMILES string of the molecule is CC(C)(Cc1cc(CC#N)c(I)cc1[N+](=O)[O-])OC(N)=O. The van der Waals surface area contributed by atoms with Crippen LogP contribution in [-0.2, 0) is 17.6 Å². The molecule has 0 radical (unpaired) electrons. The van der Waals surface area contributed by atoms with Gasteiger partial charge < -0.3 is 10.5 Å². The second-order valence-electron chi connectivity index (χ2n) is 5.02. The van der Waals surface area contributed by atoms with Gasteiger partial charge in [0.25, 0.3) is 5.69 Å². The largest absolute Gasteiger partial charge is 0.443 e. The number of nitriles is 1. The number of amides is 1. The molecular formula is C13H14IN3O4. The molecule has 1 aromatic carbocycles. The highest BCUT2D eigenvalue weighted by molar-refractivity contribution is 14.1. The van der Waals surface area contributed by atoms with E-state index in [2.05, 4.69) is 0 Å². The number of nitrogens with two attached hydrogens (primary N) is 1. The van der Waals surface area contributed by atoms with Crippen LogP contribution in [0, 0.1) is 25.0 Å². The highest BCUT2D eigenvalue weighted by atomic mass is 127. The number of hydrogen-bond acceptors (Lipinski definition) is 5. The maximum Gasteiger partial charge on any atom is 0.405 e. The second kappa shape index (κ2) is 6.71. The van der Waals surface area contributed by atoms with Crippen LogP contribution in [0.25, 0.3) is 0 Å². The smallest absolute Gasteiger partial charge is 0.405 e. The average molecular weight is 403 g/mol. The Hall–Kier alpha value is -1.89. The molecule has 21 heavy (non-hydrogen) atoms. The van der Waals surface area contributed by atoms with Gasteiger partial charge in [0.2, 0.25) is 0 Å². The van der Waals surface area contributed by atoms with E-state index in [0.717, 1.165) is 0 Å². The number of nitro benzene ring substituents is 1. The maximum absolute atomic E-state index is 11.2. The highest BCUT2D eigenvalue weighted by Gasteiger charge is 2.27. The molecule has 112 valence electrons. The van der Waals surface area contributed by atoms with Gasteiger partial charge in [-0.15, -0.1) is 0 Å². The van der Waals surface area contributed by atoms with E-state index in [9.17, 15) is 14.9 Å². The fourth-order valence-corrected chi connectivity index (χ4v) is 2.60. The summed E-state index contributed by atoms with van der Waals surface area (Å²) in [7, 11) is 0. The quantitative estimate of drug-likeness (QED) is 0.461. The molecule has 0 saturated heterocycles. The van der Waals surface area contributed by atoms with Gasteiger partial charge in [0, 0.05) is 21.6 Å². The Balaban J connectivity index is 3.26. The summed E-state index contributed by atoms with van der Waals surface area (Å²) in [6, 6.07) is 5.04. The molecular weight excluding hydrogens is 389 g/mol. The number of nitrogens with zero attached hydrogens (tertiary/aromatic N) is 2. The summed E-state index contributed by atoms with van der Waals surface area (Å²) in [5, 5.41) is 19.9. The van der Waals surface area contributed by atoms with Crippen molar-refractivity contribution in [3.63, 3.8) is 0 Å². The van der Waals surface area contributed by atoms with Gasteiger partial charge in [0.05, 0.1) is 17.4 Å². The van der Waals surface area contributed by atoms with Crippen molar-refractivity contribution in [1.82, 2.24) is 0 Å². The van der Waals surface area contributed by atoms with Crippen LogP contribution >= 0.6 is 22.6 Å². The first-order valence-corrected chi connectivity index (χ1v) is 7.05. The number of halogens is 1. The van der Waals surface area contributed by atoms with Crippen LogP contribution in [0.5, 0.6) is 0 Å². The minimum absolute atomic E-state index is 0.0674. The second-order valence-corrected chi connectivity index (χ2v) is 6.18. The van der Waals surface area contributed by atoms with Gasteiger partial charge in [-0.25, -0.2) is 4.79 Å². The Morgan fingerprint density at radius 3 is 2.62 bits per heavy atom. The van der Waals surface area contributed by atoms with Gasteiger partial charge in [0.15, 0.2) is 0 Å². The number of benzene rings is 1. The Morgan fingerprint density at radius 1 is 1.52 bits per heavy atom. The summed E-state index contributed by atoms with van der Waals surface area (Å²) in [5.41, 5.74) is 5.05. The number of carbonyl (C=O) groups is 1. The first-order chi connectivity index (χ1) is 9.66. The molecule has 7 nitrogen and oxygen atoms in total. The topological polar surface area (TPSA) is 119 Å². The number of nitro groups is 1. The van der Waals surface area contributed by atoms with E-state index in [0.29, 0.717) is 14.7 Å². The summed E-state index contributed by atoms with van der Waals surface area (Å²) in [4.78, 5) is 21.5. The summed E-state index contributed by atoms with van der Waals surface area (Å²) in [6.07, 6.45) is -0.660. The Labute approximate surface area is 135 Å². The molecule has 0 aromatic heterocycles. The number of primary amides is 1. The molecule has 0 fully saturated rings. The van der Waals surface area contributed by atoms with Crippen molar-refractivity contribution in [2.45, 2.75) is 32.3 Å². The van der Waals surface area contributed by atoms with Crippen LogP contribution in [0.15, 0.2) is 12.1 Å². The predicted molar refractivity (Wildman–Crippen MR) is 83.6 cm³/mol. The van der Waals surface area contributed by atoms with Gasteiger partial charge in [-0.1, -0.05) is 0 Å². The highest BCUT2D eigenvalue weighted by Crippen LogP contribution is 2.29. The third-order valence-electron chi connectivity index (χ3n) is 2.71. The first kappa shape index (κ1) is 17.2. The van der Waals surface area contributed by atoms with Crippen LogP contribution in [0.1, 0.15) is 25.0 Å². The van der Waals surface area contributed by atoms with E-state index >= 15 is 0 Å². The molecule has 0 aliphatic carbocycles. The van der Waals surface area contributed by atoms with Gasteiger partial charge in [-0.3, -0.25) is 10.1 Å². The Kier molecular flexibility index (Phi) is 5.48. The summed E-state index contributed by atoms with van der Waals surface area (Å²) >= 11 is 1.96. The van der Waals surface area contributed by atoms with E-state index in [1.165, 1.54) is 6.07 Å². The predicted octanol–water partition coefficient (Wildman–Crippen LogP) is 2.68. The number of hydrogen-bond donors (Lipinski definition) is 1. The normalized spacial score (nSPS) is 10.8. The van der Waals surface area contributed by atoms with Crippen molar-refractivity contribution in [3.05, 3.63) is 36.9 Å². The van der Waals surface area contributed by atoms with Crippen molar-refractivity contribution in [3.8, 4) is 6.07 Å². The van der Waals surface area contributed by atoms with Crippen molar-refractivity contribution >= 4 is 34.4 Å². The molecule has 1 amide bonds. The molecule has 0 spiro atoms. The Bertz CT molecular complexity index is 623. The monoisotopic (exact) mass is 403 g/mol. The van der Waals surface area contributed by atoms with Crippen LogP contribution in [0.4, 0.5) is 10.5 Å². The van der Waals surface area contributed by atoms with E-state index in [1.807, 2.05) is 28.7 Å². The van der Waals surface area contributed by atoms with Crippen LogP contribution in [0.2, 0.25) is 0 Å². The molecule has 0 saturated carbocycles. The van der Waals surface area contributed by atoms with Crippen LogP contribution in [-0.4, -0.2) is 16.6 Å². The summed E-state index contributed by atoms with van der Waals surface area (Å²) < 4.78 is 5.61. The third kappa shape index (κ3) is 4.86. The molecule has 0 aliphatic rings. The zero-order chi connectivity index (χ0) is 16.2. The van der Waals surface area contributed by atoms with Gasteiger partial charge in [-0.2, -0.15) is 5.26 Å².